The summed E-state index contributed by atoms with van der Waals surface area (Å²) in [6.45, 7) is 3.05. The molecule has 2 rings (SSSR count). The van der Waals surface area contributed by atoms with E-state index in [1.54, 1.807) is 4.90 Å². The number of carboxylic acid groups (broad SMARTS) is 1. The van der Waals surface area contributed by atoms with Crippen molar-refractivity contribution in [1.82, 2.24) is 0 Å². The van der Waals surface area contributed by atoms with E-state index < -0.39 is 17.7 Å². The molecule has 1 aliphatic heterocycles. The van der Waals surface area contributed by atoms with Crippen LogP contribution < -0.4 is 4.90 Å². The molecule has 0 saturated heterocycles. The summed E-state index contributed by atoms with van der Waals surface area (Å²) in [6, 6.07) is 2.87. The second-order valence-corrected chi connectivity index (χ2v) is 4.80. The Morgan fingerprint density at radius 1 is 1.35 bits per heavy atom. The van der Waals surface area contributed by atoms with Crippen molar-refractivity contribution in [2.24, 2.45) is 0 Å². The summed E-state index contributed by atoms with van der Waals surface area (Å²) in [5.41, 5.74) is 0.155. The Bertz CT molecular complexity index is 564. The first-order chi connectivity index (χ1) is 9.29. The zero-order valence-corrected chi connectivity index (χ0v) is 10.9. The molecule has 20 heavy (non-hydrogen) atoms. The molecule has 0 aliphatic carbocycles. The third-order valence-corrected chi connectivity index (χ3v) is 3.23. The lowest BCUT2D eigenvalue weighted by Crippen LogP contribution is -2.30. The predicted molar refractivity (Wildman–Crippen MR) is 69.0 cm³/mol. The van der Waals surface area contributed by atoms with E-state index in [-0.39, 0.29) is 5.56 Å². The second kappa shape index (κ2) is 5.19. The van der Waals surface area contributed by atoms with Crippen molar-refractivity contribution in [2.75, 3.05) is 18.0 Å². The first-order valence-electron chi connectivity index (χ1n) is 6.14. The average Bonchev–Trinajstić information content (AvgIpc) is 2.37. The fourth-order valence-corrected chi connectivity index (χ4v) is 2.28. The van der Waals surface area contributed by atoms with Gasteiger partial charge in [-0.3, -0.25) is 0 Å². The molecule has 1 aromatic rings. The lowest BCUT2D eigenvalue weighted by atomic mass is 10.0. The Labute approximate surface area is 114 Å². The van der Waals surface area contributed by atoms with E-state index in [0.717, 1.165) is 18.1 Å². The molecule has 0 bridgehead atoms. The van der Waals surface area contributed by atoms with Crippen LogP contribution in [-0.4, -0.2) is 24.2 Å². The van der Waals surface area contributed by atoms with Gasteiger partial charge < -0.3 is 10.0 Å². The van der Waals surface area contributed by atoms with Gasteiger partial charge in [-0.25, -0.2) is 4.79 Å². The van der Waals surface area contributed by atoms with Gasteiger partial charge in [0.25, 0.3) is 0 Å². The monoisotopic (exact) mass is 285 g/mol. The Morgan fingerprint density at radius 2 is 2.05 bits per heavy atom. The van der Waals surface area contributed by atoms with E-state index >= 15 is 0 Å². The molecular weight excluding hydrogens is 271 g/mol. The molecule has 1 aromatic carbocycles. The molecular formula is C14H14F3NO2. The molecule has 0 fully saturated rings. The quantitative estimate of drug-likeness (QED) is 0.845. The van der Waals surface area contributed by atoms with Crippen LogP contribution in [0, 0.1) is 0 Å². The third kappa shape index (κ3) is 2.95. The van der Waals surface area contributed by atoms with E-state index in [1.165, 1.54) is 6.07 Å². The van der Waals surface area contributed by atoms with Crippen LogP contribution >= 0.6 is 0 Å². The normalized spacial score (nSPS) is 16.0. The van der Waals surface area contributed by atoms with Crippen LogP contribution in [0.25, 0.3) is 0 Å². The number of benzene rings is 1. The molecule has 1 heterocycles. The Balaban J connectivity index is 2.43. The summed E-state index contributed by atoms with van der Waals surface area (Å²) in [7, 11) is 0. The predicted octanol–water partition coefficient (Wildman–Crippen LogP) is 3.56. The number of anilines is 1. The number of aromatic carboxylic acids is 1. The number of hydrogen-bond donors (Lipinski definition) is 1. The Morgan fingerprint density at radius 3 is 2.60 bits per heavy atom. The maximum Gasteiger partial charge on any atom is 0.416 e. The topological polar surface area (TPSA) is 40.5 Å². The van der Waals surface area contributed by atoms with E-state index in [4.69, 9.17) is 5.11 Å². The highest BCUT2D eigenvalue weighted by atomic mass is 19.4. The largest absolute Gasteiger partial charge is 0.478 e. The van der Waals surface area contributed by atoms with Gasteiger partial charge in [0.2, 0.25) is 0 Å². The average molecular weight is 285 g/mol. The highest BCUT2D eigenvalue weighted by molar-refractivity contribution is 5.95. The van der Waals surface area contributed by atoms with Crippen LogP contribution in [-0.2, 0) is 6.18 Å². The number of alkyl halides is 3. The second-order valence-electron chi connectivity index (χ2n) is 4.80. The highest BCUT2D eigenvalue weighted by Gasteiger charge is 2.32. The van der Waals surface area contributed by atoms with Gasteiger partial charge in [-0.15, -0.1) is 0 Å². The molecule has 1 aliphatic rings. The number of halogens is 3. The van der Waals surface area contributed by atoms with Gasteiger partial charge in [-0.05, 0) is 31.5 Å². The van der Waals surface area contributed by atoms with Crippen molar-refractivity contribution in [2.45, 2.75) is 19.5 Å². The maximum atomic E-state index is 12.7. The number of hydrogen-bond acceptors (Lipinski definition) is 2. The fraction of sp³-hybridized carbons (Fsp3) is 0.357. The Hall–Kier alpha value is -1.98. The van der Waals surface area contributed by atoms with Gasteiger partial charge in [0.05, 0.1) is 16.8 Å². The van der Waals surface area contributed by atoms with Crippen LogP contribution in [0.4, 0.5) is 18.9 Å². The van der Waals surface area contributed by atoms with Gasteiger partial charge in [0.15, 0.2) is 0 Å². The molecule has 0 aromatic heterocycles. The third-order valence-electron chi connectivity index (χ3n) is 3.23. The van der Waals surface area contributed by atoms with Gasteiger partial charge >= 0.3 is 12.1 Å². The molecule has 0 spiro atoms. The lowest BCUT2D eigenvalue weighted by Gasteiger charge is -2.29. The van der Waals surface area contributed by atoms with Crippen LogP contribution in [0.2, 0.25) is 0 Å². The van der Waals surface area contributed by atoms with Gasteiger partial charge in [0.1, 0.15) is 0 Å². The van der Waals surface area contributed by atoms with Crippen LogP contribution in [0.5, 0.6) is 0 Å². The Kier molecular flexibility index (Phi) is 3.74. The zero-order chi connectivity index (χ0) is 14.9. The summed E-state index contributed by atoms with van der Waals surface area (Å²) >= 11 is 0. The molecule has 0 radical (unpaired) electrons. The van der Waals surface area contributed by atoms with Crippen LogP contribution in [0.3, 0.4) is 0 Å². The van der Waals surface area contributed by atoms with Crippen LogP contribution in [0.15, 0.2) is 29.8 Å². The minimum Gasteiger partial charge on any atom is -0.478 e. The maximum absolute atomic E-state index is 12.7. The highest BCUT2D eigenvalue weighted by Crippen LogP contribution is 2.33. The van der Waals surface area contributed by atoms with E-state index in [1.807, 2.05) is 13.0 Å². The summed E-state index contributed by atoms with van der Waals surface area (Å²) in [6.07, 6.45) is -1.74. The number of rotatable bonds is 2. The van der Waals surface area contributed by atoms with Crippen molar-refractivity contribution in [3.05, 3.63) is 41.0 Å². The molecule has 0 unspecified atom stereocenters. The summed E-state index contributed by atoms with van der Waals surface area (Å²) in [5, 5.41) is 9.14. The first-order valence-corrected chi connectivity index (χ1v) is 6.14. The first kappa shape index (κ1) is 14.4. The zero-order valence-electron chi connectivity index (χ0n) is 10.9. The van der Waals surface area contributed by atoms with Gasteiger partial charge in [0, 0.05) is 13.1 Å². The summed E-state index contributed by atoms with van der Waals surface area (Å²) < 4.78 is 38.0. The van der Waals surface area contributed by atoms with E-state index in [2.05, 4.69) is 0 Å². The van der Waals surface area contributed by atoms with Crippen molar-refractivity contribution >= 4 is 11.7 Å². The molecule has 0 amide bonds. The molecule has 3 nitrogen and oxygen atoms in total. The van der Waals surface area contributed by atoms with Crippen molar-refractivity contribution in [3.8, 4) is 0 Å². The number of carbonyl (C=O) groups is 1. The number of nitrogens with zero attached hydrogens (tertiary/aromatic N) is 1. The molecule has 0 saturated carbocycles. The van der Waals surface area contributed by atoms with Crippen LogP contribution in [0.1, 0.15) is 29.3 Å². The number of carboxylic acids is 1. The molecule has 6 heteroatoms. The standard InChI is InChI=1S/C14H14F3NO2/c1-9-3-2-6-18(8-9)12-5-4-10(14(15,16)17)7-11(12)13(19)20/h3-5,7H,2,6,8H2,1H3,(H,19,20). The lowest BCUT2D eigenvalue weighted by molar-refractivity contribution is -0.137. The van der Waals surface area contributed by atoms with E-state index in [0.29, 0.717) is 24.8 Å². The van der Waals surface area contributed by atoms with Crippen molar-refractivity contribution in [1.29, 1.82) is 0 Å². The fourth-order valence-electron chi connectivity index (χ4n) is 2.28. The molecule has 1 N–H and O–H groups in total. The smallest absolute Gasteiger partial charge is 0.416 e. The van der Waals surface area contributed by atoms with Crippen molar-refractivity contribution in [3.63, 3.8) is 0 Å². The summed E-state index contributed by atoms with van der Waals surface area (Å²) in [5.74, 6) is -1.35. The molecule has 0 atom stereocenters. The summed E-state index contributed by atoms with van der Waals surface area (Å²) in [4.78, 5) is 13.0. The van der Waals surface area contributed by atoms with E-state index in [9.17, 15) is 18.0 Å². The minimum atomic E-state index is -4.54. The molecule has 108 valence electrons. The SMILES string of the molecule is CC1=CCCN(c2ccc(C(F)(F)F)cc2C(=O)O)C1. The van der Waals surface area contributed by atoms with Gasteiger partial charge in [-0.1, -0.05) is 11.6 Å². The minimum absolute atomic E-state index is 0.311. The van der Waals surface area contributed by atoms with Gasteiger partial charge in [-0.2, -0.15) is 13.2 Å². The van der Waals surface area contributed by atoms with Crippen molar-refractivity contribution < 1.29 is 23.1 Å².